The largest absolute Gasteiger partial charge is 0.352 e. The number of halogens is 3. The summed E-state index contributed by atoms with van der Waals surface area (Å²) in [6.45, 7) is 1.95. The van der Waals surface area contributed by atoms with Crippen LogP contribution in [0.3, 0.4) is 0 Å². The number of carbonyl (C=O) groups excluding carboxylic acids is 2. The summed E-state index contributed by atoms with van der Waals surface area (Å²) in [4.78, 5) is 28.8. The zero-order valence-electron chi connectivity index (χ0n) is 18.0. The highest BCUT2D eigenvalue weighted by Gasteiger charge is 2.29. The fourth-order valence-corrected chi connectivity index (χ4v) is 5.24. The summed E-state index contributed by atoms with van der Waals surface area (Å²) in [5.74, 6) is 0.333. The van der Waals surface area contributed by atoms with E-state index < -0.39 is 6.04 Å². The SMILES string of the molecule is CC(C(=O)NC1CCCC1)N(Cc1c(Cl)cccc1Cl)C(=O)CCSc1ccc(Cl)cc1. The Morgan fingerprint density at radius 1 is 1.06 bits per heavy atom. The molecule has 1 aliphatic rings. The maximum absolute atomic E-state index is 13.2. The molecule has 1 saturated carbocycles. The van der Waals surface area contributed by atoms with Gasteiger partial charge >= 0.3 is 0 Å². The summed E-state index contributed by atoms with van der Waals surface area (Å²) in [5.41, 5.74) is 0.648. The van der Waals surface area contributed by atoms with Crippen LogP contribution in [0.4, 0.5) is 0 Å². The number of nitrogens with one attached hydrogen (secondary N) is 1. The van der Waals surface area contributed by atoms with E-state index in [9.17, 15) is 9.59 Å². The first kappa shape index (κ1) is 25.2. The fraction of sp³-hybridized carbons (Fsp3) is 0.417. The van der Waals surface area contributed by atoms with Crippen LogP contribution in [0.25, 0.3) is 0 Å². The van der Waals surface area contributed by atoms with E-state index in [4.69, 9.17) is 34.8 Å². The number of rotatable bonds is 9. The minimum Gasteiger partial charge on any atom is -0.352 e. The van der Waals surface area contributed by atoms with E-state index in [2.05, 4.69) is 5.32 Å². The third-order valence-electron chi connectivity index (χ3n) is 5.66. The summed E-state index contributed by atoms with van der Waals surface area (Å²) in [6.07, 6.45) is 4.51. The van der Waals surface area contributed by atoms with E-state index in [1.165, 1.54) is 0 Å². The normalized spacial score (nSPS) is 14.9. The van der Waals surface area contributed by atoms with Crippen LogP contribution in [-0.2, 0) is 16.1 Å². The van der Waals surface area contributed by atoms with Crippen LogP contribution in [0.1, 0.15) is 44.6 Å². The van der Waals surface area contributed by atoms with Gasteiger partial charge in [-0.3, -0.25) is 9.59 Å². The second kappa shape index (κ2) is 12.2. The molecule has 1 aliphatic carbocycles. The Labute approximate surface area is 209 Å². The smallest absolute Gasteiger partial charge is 0.242 e. The van der Waals surface area contributed by atoms with Crippen molar-refractivity contribution < 1.29 is 9.59 Å². The molecular formula is C24H27Cl3N2O2S. The standard InChI is InChI=1S/C24H27Cl3N2O2S/c1-16(24(31)28-18-5-2-3-6-18)29(15-20-21(26)7-4-8-22(20)27)23(30)13-14-32-19-11-9-17(25)10-12-19/h4,7-12,16,18H,2-3,5-6,13-15H2,1H3,(H,28,31). The van der Waals surface area contributed by atoms with Crippen LogP contribution >= 0.6 is 46.6 Å². The molecule has 1 atom stereocenters. The van der Waals surface area contributed by atoms with Gasteiger partial charge in [-0.2, -0.15) is 0 Å². The first-order chi connectivity index (χ1) is 15.3. The van der Waals surface area contributed by atoms with Crippen molar-refractivity contribution >= 4 is 58.4 Å². The molecule has 0 bridgehead atoms. The summed E-state index contributed by atoms with van der Waals surface area (Å²) >= 11 is 20.2. The van der Waals surface area contributed by atoms with Gasteiger partial charge in [-0.15, -0.1) is 11.8 Å². The molecule has 8 heteroatoms. The summed E-state index contributed by atoms with van der Waals surface area (Å²) in [5, 5.41) is 4.74. The maximum atomic E-state index is 13.2. The predicted molar refractivity (Wildman–Crippen MR) is 134 cm³/mol. The number of hydrogen-bond acceptors (Lipinski definition) is 3. The van der Waals surface area contributed by atoms with Gasteiger partial charge in [0, 0.05) is 50.3 Å². The highest BCUT2D eigenvalue weighted by Crippen LogP contribution is 2.28. The molecule has 4 nitrogen and oxygen atoms in total. The first-order valence-electron chi connectivity index (χ1n) is 10.8. The fourth-order valence-electron chi connectivity index (χ4n) is 3.76. The second-order valence-corrected chi connectivity index (χ2v) is 10.4. The molecule has 2 aromatic carbocycles. The molecule has 1 unspecified atom stereocenters. The van der Waals surface area contributed by atoms with E-state index in [-0.39, 0.29) is 30.8 Å². The van der Waals surface area contributed by atoms with Crippen molar-refractivity contribution in [2.24, 2.45) is 0 Å². The molecule has 0 radical (unpaired) electrons. The highest BCUT2D eigenvalue weighted by atomic mass is 35.5. The maximum Gasteiger partial charge on any atom is 0.242 e. The highest BCUT2D eigenvalue weighted by molar-refractivity contribution is 7.99. The molecule has 1 N–H and O–H groups in total. The second-order valence-electron chi connectivity index (χ2n) is 7.94. The van der Waals surface area contributed by atoms with Crippen molar-refractivity contribution in [2.75, 3.05) is 5.75 Å². The number of amides is 2. The van der Waals surface area contributed by atoms with Gasteiger partial charge in [0.1, 0.15) is 6.04 Å². The quantitative estimate of drug-likeness (QED) is 0.384. The van der Waals surface area contributed by atoms with E-state index in [1.54, 1.807) is 41.8 Å². The molecule has 2 aromatic rings. The third kappa shape index (κ3) is 7.05. The molecule has 0 saturated heterocycles. The summed E-state index contributed by atoms with van der Waals surface area (Å²) < 4.78 is 0. The predicted octanol–water partition coefficient (Wildman–Crippen LogP) is 6.61. The van der Waals surface area contributed by atoms with Gasteiger partial charge < -0.3 is 10.2 Å². The number of nitrogens with zero attached hydrogens (tertiary/aromatic N) is 1. The molecule has 172 valence electrons. The summed E-state index contributed by atoms with van der Waals surface area (Å²) in [6, 6.07) is 12.3. The molecule has 0 heterocycles. The lowest BCUT2D eigenvalue weighted by Crippen LogP contribution is -2.49. The topological polar surface area (TPSA) is 49.4 Å². The minimum absolute atomic E-state index is 0.114. The average Bonchev–Trinajstić information content (AvgIpc) is 3.27. The van der Waals surface area contributed by atoms with Crippen molar-refractivity contribution in [3.63, 3.8) is 0 Å². The summed E-state index contributed by atoms with van der Waals surface area (Å²) in [7, 11) is 0. The van der Waals surface area contributed by atoms with Gasteiger partial charge in [-0.25, -0.2) is 0 Å². The minimum atomic E-state index is -0.629. The van der Waals surface area contributed by atoms with Gasteiger partial charge in [-0.1, -0.05) is 53.7 Å². The zero-order chi connectivity index (χ0) is 23.1. The van der Waals surface area contributed by atoms with Crippen LogP contribution < -0.4 is 5.32 Å². The third-order valence-corrected chi connectivity index (χ3v) is 7.63. The van der Waals surface area contributed by atoms with Crippen LogP contribution in [0.5, 0.6) is 0 Å². The Morgan fingerprint density at radius 2 is 1.69 bits per heavy atom. The van der Waals surface area contributed by atoms with E-state index in [0.29, 0.717) is 26.4 Å². The van der Waals surface area contributed by atoms with Gasteiger partial charge in [0.25, 0.3) is 0 Å². The van der Waals surface area contributed by atoms with Crippen molar-refractivity contribution in [1.82, 2.24) is 10.2 Å². The molecule has 0 aromatic heterocycles. The molecule has 2 amide bonds. The van der Waals surface area contributed by atoms with Crippen LogP contribution in [0.2, 0.25) is 15.1 Å². The van der Waals surface area contributed by atoms with Gasteiger partial charge in [-0.05, 0) is 56.2 Å². The Bertz CT molecular complexity index is 913. The van der Waals surface area contributed by atoms with Crippen molar-refractivity contribution in [3.8, 4) is 0 Å². The lowest BCUT2D eigenvalue weighted by molar-refractivity contribution is -0.140. The number of hydrogen-bond donors (Lipinski definition) is 1. The van der Waals surface area contributed by atoms with Crippen LogP contribution in [0.15, 0.2) is 47.4 Å². The van der Waals surface area contributed by atoms with Gasteiger partial charge in [0.05, 0.1) is 0 Å². The van der Waals surface area contributed by atoms with Crippen molar-refractivity contribution in [2.45, 2.75) is 62.6 Å². The number of benzene rings is 2. The van der Waals surface area contributed by atoms with Crippen molar-refractivity contribution in [1.29, 1.82) is 0 Å². The molecule has 0 spiro atoms. The van der Waals surface area contributed by atoms with E-state index >= 15 is 0 Å². The Hall–Kier alpha value is -1.40. The van der Waals surface area contributed by atoms with E-state index in [0.717, 1.165) is 30.6 Å². The molecular weight excluding hydrogens is 487 g/mol. The average molecular weight is 514 g/mol. The van der Waals surface area contributed by atoms with E-state index in [1.807, 2.05) is 24.3 Å². The van der Waals surface area contributed by atoms with Crippen LogP contribution in [0, 0.1) is 0 Å². The number of carbonyl (C=O) groups is 2. The Balaban J connectivity index is 1.70. The Kier molecular flexibility index (Phi) is 9.60. The lowest BCUT2D eigenvalue weighted by atomic mass is 10.1. The van der Waals surface area contributed by atoms with Gasteiger partial charge in [0.2, 0.25) is 11.8 Å². The zero-order valence-corrected chi connectivity index (χ0v) is 21.0. The van der Waals surface area contributed by atoms with Gasteiger partial charge in [0.15, 0.2) is 0 Å². The van der Waals surface area contributed by atoms with Crippen LogP contribution in [-0.4, -0.2) is 34.6 Å². The lowest BCUT2D eigenvalue weighted by Gasteiger charge is -2.30. The monoisotopic (exact) mass is 512 g/mol. The molecule has 1 fully saturated rings. The first-order valence-corrected chi connectivity index (χ1v) is 12.9. The molecule has 3 rings (SSSR count). The molecule has 0 aliphatic heterocycles. The Morgan fingerprint density at radius 3 is 2.31 bits per heavy atom. The molecule has 32 heavy (non-hydrogen) atoms. The number of thioether (sulfide) groups is 1. The van der Waals surface area contributed by atoms with Crippen molar-refractivity contribution in [3.05, 3.63) is 63.1 Å².